The number of nitrogens with zero attached hydrogens (tertiary/aromatic N) is 1. The molecular weight excluding hydrogens is 360 g/mol. The van der Waals surface area contributed by atoms with Gasteiger partial charge in [0.05, 0.1) is 0 Å². The van der Waals surface area contributed by atoms with Gasteiger partial charge in [0, 0.05) is 11.3 Å². The van der Waals surface area contributed by atoms with Crippen LogP contribution in [0.3, 0.4) is 0 Å². The number of carbonyl (C=O) groups excluding carboxylic acids is 1. The minimum absolute atomic E-state index is 0.0214. The van der Waals surface area contributed by atoms with Crippen LogP contribution in [-0.4, -0.2) is 30.1 Å². The standard InChI is InChI=1S/C25H34N2O2/c1-4-27(5-2)19(3)29-24-17-15-23(16-18-24)26-25(28)22-13-11-21(12-14-22)20-9-7-6-8-10-20/h11-20H,4-10H2,1-3H3,(H,26,28). The molecule has 1 aliphatic rings. The SMILES string of the molecule is CCN(CC)C(C)Oc1ccc(NC(=O)c2ccc(C3CCCCC3)cc2)cc1. The highest BCUT2D eigenvalue weighted by Gasteiger charge is 2.16. The van der Waals surface area contributed by atoms with Crippen molar-refractivity contribution in [1.82, 2.24) is 4.90 Å². The Balaban J connectivity index is 1.56. The van der Waals surface area contributed by atoms with Crippen molar-refractivity contribution in [3.05, 3.63) is 59.7 Å². The molecule has 4 nitrogen and oxygen atoms in total. The van der Waals surface area contributed by atoms with Gasteiger partial charge in [-0.3, -0.25) is 9.69 Å². The summed E-state index contributed by atoms with van der Waals surface area (Å²) in [6.07, 6.45) is 6.56. The average Bonchev–Trinajstić information content (AvgIpc) is 2.76. The molecule has 1 saturated carbocycles. The van der Waals surface area contributed by atoms with Crippen LogP contribution >= 0.6 is 0 Å². The van der Waals surface area contributed by atoms with E-state index in [0.717, 1.165) is 24.5 Å². The Hall–Kier alpha value is -2.33. The van der Waals surface area contributed by atoms with E-state index in [9.17, 15) is 4.79 Å². The number of amides is 1. The zero-order valence-electron chi connectivity index (χ0n) is 18.0. The summed E-state index contributed by atoms with van der Waals surface area (Å²) in [4.78, 5) is 14.8. The molecule has 0 bridgehead atoms. The maximum Gasteiger partial charge on any atom is 0.255 e. The minimum atomic E-state index is -0.0784. The van der Waals surface area contributed by atoms with Gasteiger partial charge < -0.3 is 10.1 Å². The minimum Gasteiger partial charge on any atom is -0.475 e. The Kier molecular flexibility index (Phi) is 7.70. The second-order valence-corrected chi connectivity index (χ2v) is 7.87. The molecule has 0 radical (unpaired) electrons. The summed E-state index contributed by atoms with van der Waals surface area (Å²) in [7, 11) is 0. The molecular formula is C25H34N2O2. The Morgan fingerprint density at radius 2 is 1.62 bits per heavy atom. The van der Waals surface area contributed by atoms with Crippen LogP contribution in [0, 0.1) is 0 Å². The molecule has 2 aromatic carbocycles. The van der Waals surface area contributed by atoms with Crippen LogP contribution in [0.25, 0.3) is 0 Å². The normalized spacial score (nSPS) is 15.9. The summed E-state index contributed by atoms with van der Waals surface area (Å²) in [5.74, 6) is 1.39. The predicted molar refractivity (Wildman–Crippen MR) is 120 cm³/mol. The first-order valence-electron chi connectivity index (χ1n) is 11.0. The third-order valence-electron chi connectivity index (χ3n) is 5.99. The molecule has 0 heterocycles. The van der Waals surface area contributed by atoms with Crippen molar-refractivity contribution in [2.75, 3.05) is 18.4 Å². The molecule has 0 aliphatic heterocycles. The first kappa shape index (κ1) is 21.4. The van der Waals surface area contributed by atoms with Crippen molar-refractivity contribution in [2.24, 2.45) is 0 Å². The third kappa shape index (κ3) is 5.83. The monoisotopic (exact) mass is 394 g/mol. The van der Waals surface area contributed by atoms with Crippen LogP contribution in [0.15, 0.2) is 48.5 Å². The molecule has 1 N–H and O–H groups in total. The molecule has 1 unspecified atom stereocenters. The lowest BCUT2D eigenvalue weighted by Gasteiger charge is -2.26. The predicted octanol–water partition coefficient (Wildman–Crippen LogP) is 6.05. The van der Waals surface area contributed by atoms with Gasteiger partial charge in [0.15, 0.2) is 0 Å². The number of hydrogen-bond donors (Lipinski definition) is 1. The lowest BCUT2D eigenvalue weighted by Crippen LogP contribution is -2.36. The molecule has 0 saturated heterocycles. The fraction of sp³-hybridized carbons (Fsp3) is 0.480. The number of benzene rings is 2. The highest BCUT2D eigenvalue weighted by atomic mass is 16.5. The quantitative estimate of drug-likeness (QED) is 0.554. The summed E-state index contributed by atoms with van der Waals surface area (Å²) in [6, 6.07) is 15.7. The molecule has 1 amide bonds. The summed E-state index contributed by atoms with van der Waals surface area (Å²) in [5, 5.41) is 2.98. The van der Waals surface area contributed by atoms with Crippen molar-refractivity contribution >= 4 is 11.6 Å². The molecule has 3 rings (SSSR count). The number of ether oxygens (including phenoxy) is 1. The molecule has 29 heavy (non-hydrogen) atoms. The lowest BCUT2D eigenvalue weighted by atomic mass is 9.84. The van der Waals surface area contributed by atoms with E-state index in [2.05, 4.69) is 43.1 Å². The highest BCUT2D eigenvalue weighted by Crippen LogP contribution is 2.32. The van der Waals surface area contributed by atoms with E-state index >= 15 is 0 Å². The molecule has 2 aromatic rings. The third-order valence-corrected chi connectivity index (χ3v) is 5.99. The molecule has 1 atom stereocenters. The van der Waals surface area contributed by atoms with Crippen molar-refractivity contribution in [2.45, 2.75) is 65.0 Å². The molecule has 4 heteroatoms. The lowest BCUT2D eigenvalue weighted by molar-refractivity contribution is 0.0481. The fourth-order valence-electron chi connectivity index (χ4n) is 4.17. The fourth-order valence-corrected chi connectivity index (χ4v) is 4.17. The van der Waals surface area contributed by atoms with Gasteiger partial charge in [-0.1, -0.05) is 45.2 Å². The second-order valence-electron chi connectivity index (χ2n) is 7.87. The van der Waals surface area contributed by atoms with E-state index in [-0.39, 0.29) is 12.1 Å². The van der Waals surface area contributed by atoms with Gasteiger partial charge in [0.1, 0.15) is 12.0 Å². The zero-order valence-corrected chi connectivity index (χ0v) is 18.0. The Labute approximate surface area is 175 Å². The van der Waals surface area contributed by atoms with Crippen LogP contribution in [0.5, 0.6) is 5.75 Å². The van der Waals surface area contributed by atoms with Gasteiger partial charge in [-0.25, -0.2) is 0 Å². The van der Waals surface area contributed by atoms with E-state index in [1.54, 1.807) is 0 Å². The largest absolute Gasteiger partial charge is 0.475 e. The number of nitrogens with one attached hydrogen (secondary N) is 1. The van der Waals surface area contributed by atoms with Crippen LogP contribution < -0.4 is 10.1 Å². The maximum absolute atomic E-state index is 12.6. The first-order valence-corrected chi connectivity index (χ1v) is 11.0. The second kappa shape index (κ2) is 10.4. The molecule has 1 aliphatic carbocycles. The Bertz CT molecular complexity index is 760. The van der Waals surface area contributed by atoms with Crippen LogP contribution in [-0.2, 0) is 0 Å². The first-order chi connectivity index (χ1) is 14.1. The number of rotatable bonds is 8. The van der Waals surface area contributed by atoms with E-state index < -0.39 is 0 Å². The molecule has 156 valence electrons. The average molecular weight is 395 g/mol. The van der Waals surface area contributed by atoms with E-state index in [1.165, 1.54) is 37.7 Å². The van der Waals surface area contributed by atoms with Crippen molar-refractivity contribution < 1.29 is 9.53 Å². The maximum atomic E-state index is 12.6. The summed E-state index contributed by atoms with van der Waals surface area (Å²) >= 11 is 0. The molecule has 0 spiro atoms. The van der Waals surface area contributed by atoms with Crippen LogP contribution in [0.1, 0.15) is 74.7 Å². The van der Waals surface area contributed by atoms with E-state index in [1.807, 2.05) is 36.4 Å². The van der Waals surface area contributed by atoms with Gasteiger partial charge in [0.25, 0.3) is 5.91 Å². The summed E-state index contributed by atoms with van der Waals surface area (Å²) < 4.78 is 5.99. The highest BCUT2D eigenvalue weighted by molar-refractivity contribution is 6.04. The van der Waals surface area contributed by atoms with Crippen molar-refractivity contribution in [3.63, 3.8) is 0 Å². The van der Waals surface area contributed by atoms with E-state index in [4.69, 9.17) is 4.74 Å². The van der Waals surface area contributed by atoms with Crippen LogP contribution in [0.2, 0.25) is 0 Å². The number of hydrogen-bond acceptors (Lipinski definition) is 3. The van der Waals surface area contributed by atoms with Gasteiger partial charge in [-0.05, 0) is 80.7 Å². The Morgan fingerprint density at radius 3 is 2.21 bits per heavy atom. The molecule has 1 fully saturated rings. The van der Waals surface area contributed by atoms with Gasteiger partial charge >= 0.3 is 0 Å². The molecule has 0 aromatic heterocycles. The smallest absolute Gasteiger partial charge is 0.255 e. The Morgan fingerprint density at radius 1 is 1.00 bits per heavy atom. The van der Waals surface area contributed by atoms with E-state index in [0.29, 0.717) is 11.5 Å². The van der Waals surface area contributed by atoms with Crippen molar-refractivity contribution in [3.8, 4) is 5.75 Å². The topological polar surface area (TPSA) is 41.6 Å². The van der Waals surface area contributed by atoms with Gasteiger partial charge in [0.2, 0.25) is 0 Å². The zero-order chi connectivity index (χ0) is 20.6. The number of carbonyl (C=O) groups is 1. The van der Waals surface area contributed by atoms with Gasteiger partial charge in [-0.15, -0.1) is 0 Å². The van der Waals surface area contributed by atoms with Gasteiger partial charge in [-0.2, -0.15) is 0 Å². The van der Waals surface area contributed by atoms with Crippen molar-refractivity contribution in [1.29, 1.82) is 0 Å². The van der Waals surface area contributed by atoms with Crippen LogP contribution in [0.4, 0.5) is 5.69 Å². The number of anilines is 1. The summed E-state index contributed by atoms with van der Waals surface area (Å²) in [5.41, 5.74) is 2.83. The summed E-state index contributed by atoms with van der Waals surface area (Å²) in [6.45, 7) is 8.21.